The van der Waals surface area contributed by atoms with Crippen LogP contribution in [0.5, 0.6) is 0 Å². The van der Waals surface area contributed by atoms with Gasteiger partial charge in [0.1, 0.15) is 18.7 Å². The van der Waals surface area contributed by atoms with E-state index in [0.717, 1.165) is 44.7 Å². The van der Waals surface area contributed by atoms with Crippen LogP contribution in [0.15, 0.2) is 24.3 Å². The van der Waals surface area contributed by atoms with Crippen molar-refractivity contribution in [3.8, 4) is 0 Å². The molecular formula is C28H42N4O4. The maximum absolute atomic E-state index is 13.8. The Morgan fingerprint density at radius 3 is 2.39 bits per heavy atom. The number of rotatable bonds is 7. The van der Waals surface area contributed by atoms with E-state index in [1.54, 1.807) is 4.90 Å². The molecule has 8 nitrogen and oxygen atoms in total. The molecule has 1 aromatic carbocycles. The molecule has 1 aromatic rings. The molecule has 3 saturated heterocycles. The van der Waals surface area contributed by atoms with Crippen LogP contribution in [0.4, 0.5) is 5.69 Å². The van der Waals surface area contributed by atoms with Gasteiger partial charge in [-0.25, -0.2) is 0 Å². The van der Waals surface area contributed by atoms with Gasteiger partial charge in [-0.2, -0.15) is 0 Å². The SMILES string of the molecule is CCC[C@H]1CN(C(=O)[C@H](CC(C)(C)C)NC(=O)c2ccc(N3CCN(C)CC3)cc2)[C@@H]2C(=O)CO[C@H]12. The maximum atomic E-state index is 13.8. The molecule has 4 atom stereocenters. The summed E-state index contributed by atoms with van der Waals surface area (Å²) in [6, 6.07) is 6.39. The van der Waals surface area contributed by atoms with Gasteiger partial charge < -0.3 is 24.8 Å². The minimum absolute atomic E-state index is 0.0349. The molecule has 0 unspecified atom stereocenters. The number of nitrogens with zero attached hydrogens (tertiary/aromatic N) is 3. The second-order valence-electron chi connectivity index (χ2n) is 11.9. The Balaban J connectivity index is 1.48. The van der Waals surface area contributed by atoms with Crippen molar-refractivity contribution in [3.63, 3.8) is 0 Å². The van der Waals surface area contributed by atoms with Gasteiger partial charge in [0.15, 0.2) is 5.78 Å². The van der Waals surface area contributed by atoms with Gasteiger partial charge in [0, 0.05) is 49.9 Å². The molecule has 0 spiro atoms. The van der Waals surface area contributed by atoms with Gasteiger partial charge >= 0.3 is 0 Å². The van der Waals surface area contributed by atoms with Crippen LogP contribution in [0.1, 0.15) is 57.3 Å². The molecule has 4 rings (SSSR count). The number of hydrogen-bond acceptors (Lipinski definition) is 6. The Kier molecular flexibility index (Phi) is 8.05. The number of nitrogens with one attached hydrogen (secondary N) is 1. The molecule has 3 fully saturated rings. The summed E-state index contributed by atoms with van der Waals surface area (Å²) in [6.45, 7) is 12.8. The number of carbonyl (C=O) groups is 3. The molecule has 36 heavy (non-hydrogen) atoms. The number of piperazine rings is 1. The summed E-state index contributed by atoms with van der Waals surface area (Å²) in [6.07, 6.45) is 2.14. The lowest BCUT2D eigenvalue weighted by Crippen LogP contribution is -2.53. The van der Waals surface area contributed by atoms with E-state index in [2.05, 4.69) is 49.9 Å². The van der Waals surface area contributed by atoms with Gasteiger partial charge in [-0.3, -0.25) is 14.4 Å². The molecule has 0 bridgehead atoms. The molecule has 2 amide bonds. The first kappa shape index (κ1) is 26.6. The van der Waals surface area contributed by atoms with Crippen molar-refractivity contribution >= 4 is 23.3 Å². The smallest absolute Gasteiger partial charge is 0.251 e. The summed E-state index contributed by atoms with van der Waals surface area (Å²) in [5.41, 5.74) is 1.45. The van der Waals surface area contributed by atoms with E-state index < -0.39 is 12.1 Å². The molecule has 8 heteroatoms. The van der Waals surface area contributed by atoms with Crippen molar-refractivity contribution in [1.82, 2.24) is 15.1 Å². The number of fused-ring (bicyclic) bond motifs is 1. The Hall–Kier alpha value is -2.45. The van der Waals surface area contributed by atoms with E-state index in [-0.39, 0.29) is 41.6 Å². The van der Waals surface area contributed by atoms with Crippen LogP contribution in [0.3, 0.4) is 0 Å². The molecule has 0 saturated carbocycles. The number of ketones is 1. The summed E-state index contributed by atoms with van der Waals surface area (Å²) in [5.74, 6) is -0.326. The first-order valence-corrected chi connectivity index (χ1v) is 13.4. The predicted octanol–water partition coefficient (Wildman–Crippen LogP) is 2.57. The fourth-order valence-corrected chi connectivity index (χ4v) is 5.75. The van der Waals surface area contributed by atoms with Crippen molar-refractivity contribution in [2.24, 2.45) is 11.3 Å². The quantitative estimate of drug-likeness (QED) is 0.622. The van der Waals surface area contributed by atoms with Gasteiger partial charge in [0.2, 0.25) is 5.91 Å². The average Bonchev–Trinajstić information content (AvgIpc) is 3.39. The highest BCUT2D eigenvalue weighted by atomic mass is 16.5. The Morgan fingerprint density at radius 2 is 1.78 bits per heavy atom. The van der Waals surface area contributed by atoms with Gasteiger partial charge in [0.25, 0.3) is 5.91 Å². The van der Waals surface area contributed by atoms with Crippen LogP contribution in [-0.4, -0.2) is 92.0 Å². The zero-order valence-corrected chi connectivity index (χ0v) is 22.5. The lowest BCUT2D eigenvalue weighted by molar-refractivity contribution is -0.138. The van der Waals surface area contributed by atoms with Crippen LogP contribution in [0.25, 0.3) is 0 Å². The number of carbonyl (C=O) groups excluding carboxylic acids is 3. The Bertz CT molecular complexity index is 949. The van der Waals surface area contributed by atoms with Crippen molar-refractivity contribution < 1.29 is 19.1 Å². The Labute approximate surface area is 215 Å². The summed E-state index contributed by atoms with van der Waals surface area (Å²) in [7, 11) is 2.13. The van der Waals surface area contributed by atoms with Crippen LogP contribution in [0, 0.1) is 11.3 Å². The first-order chi connectivity index (χ1) is 17.1. The Morgan fingerprint density at radius 1 is 1.11 bits per heavy atom. The fraction of sp³-hybridized carbons (Fsp3) is 0.679. The minimum Gasteiger partial charge on any atom is -0.369 e. The lowest BCUT2D eigenvalue weighted by Gasteiger charge is -2.34. The zero-order chi connectivity index (χ0) is 26.0. The summed E-state index contributed by atoms with van der Waals surface area (Å²) < 4.78 is 5.80. The minimum atomic E-state index is -0.704. The van der Waals surface area contributed by atoms with Gasteiger partial charge in [0.05, 0.1) is 6.10 Å². The van der Waals surface area contributed by atoms with E-state index in [9.17, 15) is 14.4 Å². The lowest BCUT2D eigenvalue weighted by atomic mass is 9.87. The van der Waals surface area contributed by atoms with Crippen LogP contribution >= 0.6 is 0 Å². The molecular weight excluding hydrogens is 456 g/mol. The third-order valence-corrected chi connectivity index (χ3v) is 7.65. The van der Waals surface area contributed by atoms with E-state index in [4.69, 9.17) is 4.74 Å². The topological polar surface area (TPSA) is 82.2 Å². The molecule has 198 valence electrons. The molecule has 3 heterocycles. The second-order valence-corrected chi connectivity index (χ2v) is 11.9. The summed E-state index contributed by atoms with van der Waals surface area (Å²) in [5, 5.41) is 3.01. The van der Waals surface area contributed by atoms with Crippen molar-refractivity contribution in [3.05, 3.63) is 29.8 Å². The number of benzene rings is 1. The van der Waals surface area contributed by atoms with Gasteiger partial charge in [-0.15, -0.1) is 0 Å². The van der Waals surface area contributed by atoms with Crippen molar-refractivity contribution in [1.29, 1.82) is 0 Å². The predicted molar refractivity (Wildman–Crippen MR) is 140 cm³/mol. The highest BCUT2D eigenvalue weighted by Crippen LogP contribution is 2.35. The third-order valence-electron chi connectivity index (χ3n) is 7.65. The zero-order valence-electron chi connectivity index (χ0n) is 22.5. The molecule has 3 aliphatic heterocycles. The van der Waals surface area contributed by atoms with Gasteiger partial charge in [-0.1, -0.05) is 34.1 Å². The number of likely N-dealkylation sites (tertiary alicyclic amines) is 1. The fourth-order valence-electron chi connectivity index (χ4n) is 5.75. The number of anilines is 1. The molecule has 0 aliphatic carbocycles. The first-order valence-electron chi connectivity index (χ1n) is 13.4. The highest BCUT2D eigenvalue weighted by Gasteiger charge is 2.52. The number of amides is 2. The summed E-state index contributed by atoms with van der Waals surface area (Å²) >= 11 is 0. The van der Waals surface area contributed by atoms with Crippen molar-refractivity contribution in [2.75, 3.05) is 51.3 Å². The largest absolute Gasteiger partial charge is 0.369 e. The van der Waals surface area contributed by atoms with Gasteiger partial charge in [-0.05, 0) is 49.6 Å². The number of likely N-dealkylation sites (N-methyl/N-ethyl adjacent to an activating group) is 1. The highest BCUT2D eigenvalue weighted by molar-refractivity contribution is 5.99. The number of hydrogen-bond donors (Lipinski definition) is 1. The third kappa shape index (κ3) is 5.92. The van der Waals surface area contributed by atoms with Crippen LogP contribution < -0.4 is 10.2 Å². The van der Waals surface area contributed by atoms with Crippen LogP contribution in [0.2, 0.25) is 0 Å². The average molecular weight is 499 g/mol. The maximum Gasteiger partial charge on any atom is 0.251 e. The molecule has 0 aromatic heterocycles. The number of Topliss-reactive ketones (excluding diaryl/α,β-unsaturated/α-hetero) is 1. The molecule has 1 N–H and O–H groups in total. The molecule has 0 radical (unpaired) electrons. The molecule has 3 aliphatic rings. The van der Waals surface area contributed by atoms with Crippen molar-refractivity contribution in [2.45, 2.75) is 65.1 Å². The van der Waals surface area contributed by atoms with E-state index >= 15 is 0 Å². The van der Waals surface area contributed by atoms with E-state index in [0.29, 0.717) is 18.5 Å². The van der Waals surface area contributed by atoms with E-state index in [1.807, 2.05) is 24.3 Å². The second kappa shape index (κ2) is 10.9. The van der Waals surface area contributed by atoms with E-state index in [1.165, 1.54) is 0 Å². The monoisotopic (exact) mass is 498 g/mol. The normalized spacial score (nSPS) is 25.7. The standard InChI is InChI=1S/C28H42N4O4/c1-6-7-20-17-32(24-23(33)18-36-25(20)24)27(35)22(16-28(2,3)4)29-26(34)19-8-10-21(11-9-19)31-14-12-30(5)13-15-31/h8-11,20,22,24-25H,6-7,12-18H2,1-5H3,(H,29,34)/t20-,22-,24+,25+/m0/s1. The summed E-state index contributed by atoms with van der Waals surface area (Å²) in [4.78, 5) is 46.0. The van der Waals surface area contributed by atoms with Crippen LogP contribution in [-0.2, 0) is 14.3 Å². The number of ether oxygens (including phenoxy) is 1.